The molecule has 0 aromatic carbocycles. The first kappa shape index (κ1) is 17.9. The van der Waals surface area contributed by atoms with Crippen LogP contribution < -0.4 is 0 Å². The van der Waals surface area contributed by atoms with Gasteiger partial charge in [-0.2, -0.15) is 0 Å². The van der Waals surface area contributed by atoms with E-state index in [2.05, 4.69) is 24.0 Å². The first-order valence-corrected chi connectivity index (χ1v) is 9.66. The van der Waals surface area contributed by atoms with Gasteiger partial charge in [-0.3, -0.25) is 4.79 Å². The average Bonchev–Trinajstić information content (AvgIpc) is 2.83. The highest BCUT2D eigenvalue weighted by atomic mass is 32.2. The molecule has 1 aliphatic rings. The van der Waals surface area contributed by atoms with Crippen LogP contribution in [-0.2, 0) is 14.6 Å². The lowest BCUT2D eigenvalue weighted by atomic mass is 9.85. The molecule has 1 aromatic heterocycles. The Bertz CT molecular complexity index is 691. The number of hydrogen-bond donors (Lipinski definition) is 0. The molecular formula is C15H25N3O4S. The minimum Gasteiger partial charge on any atom is -0.415 e. The molecule has 2 rings (SSSR count). The highest BCUT2D eigenvalue weighted by Crippen LogP contribution is 2.31. The number of likely N-dealkylation sites (tertiary alicyclic amines) is 1. The van der Waals surface area contributed by atoms with Gasteiger partial charge in [0.05, 0.1) is 0 Å². The van der Waals surface area contributed by atoms with Crippen molar-refractivity contribution in [3.63, 3.8) is 0 Å². The minimum atomic E-state index is -3.44. The van der Waals surface area contributed by atoms with Gasteiger partial charge in [-0.05, 0) is 38.5 Å². The molecule has 0 radical (unpaired) electrons. The Hall–Kier alpha value is -1.44. The zero-order valence-electron chi connectivity index (χ0n) is 14.4. The molecule has 1 amide bonds. The highest BCUT2D eigenvalue weighted by Gasteiger charge is 2.39. The van der Waals surface area contributed by atoms with Crippen molar-refractivity contribution >= 4 is 15.7 Å². The normalized spacial score (nSPS) is 19.4. The zero-order valence-corrected chi connectivity index (χ0v) is 15.2. The summed E-state index contributed by atoms with van der Waals surface area (Å²) in [6.07, 6.45) is 4.01. The van der Waals surface area contributed by atoms with E-state index in [1.807, 2.05) is 0 Å². The summed E-state index contributed by atoms with van der Waals surface area (Å²) >= 11 is 0. The topological polar surface area (TPSA) is 93.4 Å². The Morgan fingerprint density at radius 3 is 2.48 bits per heavy atom. The predicted molar refractivity (Wildman–Crippen MR) is 85.7 cm³/mol. The molecule has 0 bridgehead atoms. The van der Waals surface area contributed by atoms with Gasteiger partial charge in [-0.25, -0.2) is 8.42 Å². The second-order valence-electron chi connectivity index (χ2n) is 7.50. The van der Waals surface area contributed by atoms with Gasteiger partial charge in [0.25, 0.3) is 0 Å². The third-order valence-corrected chi connectivity index (χ3v) is 6.71. The van der Waals surface area contributed by atoms with Crippen LogP contribution in [0, 0.1) is 5.41 Å². The van der Waals surface area contributed by atoms with Gasteiger partial charge < -0.3 is 9.32 Å². The van der Waals surface area contributed by atoms with Crippen LogP contribution in [0.15, 0.2) is 4.42 Å². The zero-order chi connectivity index (χ0) is 17.5. The summed E-state index contributed by atoms with van der Waals surface area (Å²) in [6.45, 7) is 8.65. The van der Waals surface area contributed by atoms with Crippen LogP contribution in [0.3, 0.4) is 0 Å². The van der Waals surface area contributed by atoms with Crippen LogP contribution >= 0.6 is 0 Å². The molecule has 0 aliphatic carbocycles. The van der Waals surface area contributed by atoms with Gasteiger partial charge in [-0.1, -0.05) is 13.8 Å². The monoisotopic (exact) mass is 343 g/mol. The SMILES string of the molecule is CC1(C)CCCN(C(=O)c2nnc(C(C)(C)S(C)(=O)=O)o2)CC1. The third-order valence-electron chi connectivity index (χ3n) is 4.68. The number of carbonyl (C=O) groups excluding carboxylic acids is 1. The number of amides is 1. The van der Waals surface area contributed by atoms with E-state index in [-0.39, 0.29) is 23.1 Å². The van der Waals surface area contributed by atoms with Crippen molar-refractivity contribution in [3.8, 4) is 0 Å². The molecule has 1 saturated heterocycles. The van der Waals surface area contributed by atoms with Gasteiger partial charge in [0.15, 0.2) is 9.84 Å². The predicted octanol–water partition coefficient (Wildman–Crippen LogP) is 2.00. The summed E-state index contributed by atoms with van der Waals surface area (Å²) in [4.78, 5) is 14.2. The Morgan fingerprint density at radius 2 is 1.87 bits per heavy atom. The number of nitrogens with zero attached hydrogens (tertiary/aromatic N) is 3. The van der Waals surface area contributed by atoms with Gasteiger partial charge in [0, 0.05) is 19.3 Å². The summed E-state index contributed by atoms with van der Waals surface area (Å²) in [5.74, 6) is -0.527. The molecule has 7 nitrogen and oxygen atoms in total. The van der Waals surface area contributed by atoms with Crippen molar-refractivity contribution < 1.29 is 17.6 Å². The minimum absolute atomic E-state index is 0.0569. The molecule has 130 valence electrons. The third kappa shape index (κ3) is 3.73. The van der Waals surface area contributed by atoms with Crippen LogP contribution in [0.4, 0.5) is 0 Å². The summed E-state index contributed by atoms with van der Waals surface area (Å²) in [6, 6.07) is 0. The molecule has 8 heteroatoms. The highest BCUT2D eigenvalue weighted by molar-refractivity contribution is 7.91. The van der Waals surface area contributed by atoms with Crippen molar-refractivity contribution in [1.82, 2.24) is 15.1 Å². The first-order chi connectivity index (χ1) is 10.4. The molecule has 1 aromatic rings. The van der Waals surface area contributed by atoms with Crippen LogP contribution in [0.1, 0.15) is 63.5 Å². The fourth-order valence-electron chi connectivity index (χ4n) is 2.47. The second kappa shape index (κ2) is 5.89. The van der Waals surface area contributed by atoms with E-state index in [4.69, 9.17) is 4.42 Å². The number of hydrogen-bond acceptors (Lipinski definition) is 6. The van der Waals surface area contributed by atoms with E-state index in [0.717, 1.165) is 25.5 Å². The fourth-order valence-corrected chi connectivity index (χ4v) is 2.87. The lowest BCUT2D eigenvalue weighted by molar-refractivity contribution is 0.0714. The Morgan fingerprint density at radius 1 is 1.22 bits per heavy atom. The maximum Gasteiger partial charge on any atom is 0.311 e. The Balaban J connectivity index is 2.19. The van der Waals surface area contributed by atoms with E-state index < -0.39 is 14.6 Å². The molecule has 1 fully saturated rings. The van der Waals surface area contributed by atoms with Crippen molar-refractivity contribution in [2.24, 2.45) is 5.41 Å². The maximum absolute atomic E-state index is 12.5. The average molecular weight is 343 g/mol. The molecule has 1 aliphatic heterocycles. The second-order valence-corrected chi connectivity index (χ2v) is 10.1. The van der Waals surface area contributed by atoms with Crippen LogP contribution in [-0.4, -0.2) is 48.8 Å². The Labute approximate surface area is 137 Å². The maximum atomic E-state index is 12.5. The lowest BCUT2D eigenvalue weighted by Crippen LogP contribution is -2.32. The van der Waals surface area contributed by atoms with Crippen LogP contribution in [0.2, 0.25) is 0 Å². The number of aromatic nitrogens is 2. The van der Waals surface area contributed by atoms with E-state index >= 15 is 0 Å². The summed E-state index contributed by atoms with van der Waals surface area (Å²) in [5, 5.41) is 7.54. The summed E-state index contributed by atoms with van der Waals surface area (Å²) in [7, 11) is -3.44. The van der Waals surface area contributed by atoms with Crippen molar-refractivity contribution in [3.05, 3.63) is 11.8 Å². The van der Waals surface area contributed by atoms with E-state index in [0.29, 0.717) is 13.1 Å². The molecular weight excluding hydrogens is 318 g/mol. The molecule has 0 unspecified atom stereocenters. The number of carbonyl (C=O) groups is 1. The Kier molecular flexibility index (Phi) is 4.58. The molecule has 0 N–H and O–H groups in total. The van der Waals surface area contributed by atoms with Gasteiger partial charge in [0.1, 0.15) is 4.75 Å². The van der Waals surface area contributed by atoms with Crippen molar-refractivity contribution in [2.75, 3.05) is 19.3 Å². The van der Waals surface area contributed by atoms with Crippen molar-refractivity contribution in [2.45, 2.75) is 51.7 Å². The molecule has 2 heterocycles. The standard InChI is InChI=1S/C15H25N3O4S/c1-14(2)7-6-9-18(10-8-14)12(19)11-16-17-13(22-11)15(3,4)23(5,20)21/h6-10H2,1-5H3. The lowest BCUT2D eigenvalue weighted by Gasteiger charge is -2.22. The van der Waals surface area contributed by atoms with E-state index in [9.17, 15) is 13.2 Å². The summed E-state index contributed by atoms with van der Waals surface area (Å²) < 4.78 is 27.7. The first-order valence-electron chi connectivity index (χ1n) is 7.77. The smallest absolute Gasteiger partial charge is 0.311 e. The van der Waals surface area contributed by atoms with Crippen LogP contribution in [0.25, 0.3) is 0 Å². The van der Waals surface area contributed by atoms with E-state index in [1.54, 1.807) is 4.90 Å². The summed E-state index contributed by atoms with van der Waals surface area (Å²) in [5.41, 5.74) is 0.216. The van der Waals surface area contributed by atoms with Gasteiger partial charge in [0.2, 0.25) is 5.89 Å². The molecule has 0 atom stereocenters. The number of sulfone groups is 1. The quantitative estimate of drug-likeness (QED) is 0.833. The molecule has 23 heavy (non-hydrogen) atoms. The fraction of sp³-hybridized carbons (Fsp3) is 0.800. The van der Waals surface area contributed by atoms with E-state index in [1.165, 1.54) is 13.8 Å². The largest absolute Gasteiger partial charge is 0.415 e. The van der Waals surface area contributed by atoms with Crippen molar-refractivity contribution in [1.29, 1.82) is 0 Å². The van der Waals surface area contributed by atoms with Crippen LogP contribution in [0.5, 0.6) is 0 Å². The molecule has 0 saturated carbocycles. The van der Waals surface area contributed by atoms with Gasteiger partial charge in [-0.15, -0.1) is 10.2 Å². The number of rotatable bonds is 3. The molecule has 0 spiro atoms. The van der Waals surface area contributed by atoms with Gasteiger partial charge >= 0.3 is 11.8 Å².